The molecule has 0 saturated heterocycles. The molecule has 0 heterocycles. The molecule has 0 aliphatic heterocycles. The van der Waals surface area contributed by atoms with Gasteiger partial charge in [-0.1, -0.05) is 0 Å². The molecule has 0 aromatic rings. The van der Waals surface area contributed by atoms with Gasteiger partial charge in [-0.05, 0) is 69.2 Å². The van der Waals surface area contributed by atoms with E-state index < -0.39 is 46.9 Å². The predicted molar refractivity (Wildman–Crippen MR) is 102 cm³/mol. The van der Waals surface area contributed by atoms with Crippen molar-refractivity contribution < 1.29 is 28.6 Å². The molecule has 0 aliphatic rings. The van der Waals surface area contributed by atoms with Crippen LogP contribution in [0.2, 0.25) is 0 Å². The first-order chi connectivity index (χ1) is 11.9. The zero-order valence-corrected chi connectivity index (χ0v) is 18.3. The minimum atomic E-state index is -1.02. The second-order valence-corrected chi connectivity index (χ2v) is 9.39. The van der Waals surface area contributed by atoms with Crippen molar-refractivity contribution in [1.29, 1.82) is 0 Å². The number of rotatable bonds is 6. The van der Waals surface area contributed by atoms with E-state index in [1.807, 2.05) is 20.8 Å². The van der Waals surface area contributed by atoms with Crippen LogP contribution in [0.1, 0.15) is 69.2 Å². The van der Waals surface area contributed by atoms with Gasteiger partial charge in [-0.25, -0.2) is 9.59 Å². The first-order valence-corrected chi connectivity index (χ1v) is 9.06. The lowest BCUT2D eigenvalue weighted by Crippen LogP contribution is -2.54. The second kappa shape index (κ2) is 9.39. The van der Waals surface area contributed by atoms with Crippen molar-refractivity contribution in [2.24, 2.45) is 0 Å². The molecule has 0 fully saturated rings. The highest BCUT2D eigenvalue weighted by atomic mass is 16.6. The molecular formula is C19H36N2O6. The van der Waals surface area contributed by atoms with Gasteiger partial charge >= 0.3 is 12.1 Å². The number of hydrogen-bond donors (Lipinski definition) is 2. The Kier molecular flexibility index (Phi) is 8.76. The van der Waals surface area contributed by atoms with Crippen molar-refractivity contribution in [3.8, 4) is 0 Å². The molecule has 27 heavy (non-hydrogen) atoms. The lowest BCUT2D eigenvalue weighted by molar-refractivity contribution is -0.158. The number of nitrogens with one attached hydrogen (secondary N) is 2. The minimum absolute atomic E-state index is 0.0738. The van der Waals surface area contributed by atoms with Crippen LogP contribution in [0, 0.1) is 0 Å². The topological polar surface area (TPSA) is 103 Å². The van der Waals surface area contributed by atoms with Gasteiger partial charge in [-0.2, -0.15) is 0 Å². The number of ether oxygens (including phenoxy) is 3. The van der Waals surface area contributed by atoms with E-state index in [2.05, 4.69) is 10.6 Å². The molecule has 8 nitrogen and oxygen atoms in total. The Balaban J connectivity index is 5.05. The summed E-state index contributed by atoms with van der Waals surface area (Å²) < 4.78 is 16.1. The van der Waals surface area contributed by atoms with Crippen LogP contribution < -0.4 is 10.6 Å². The van der Waals surface area contributed by atoms with Crippen LogP contribution in [-0.4, -0.2) is 53.5 Å². The zero-order chi connectivity index (χ0) is 21.6. The van der Waals surface area contributed by atoms with Crippen molar-refractivity contribution in [3.63, 3.8) is 0 Å². The second-order valence-electron chi connectivity index (χ2n) is 9.39. The first kappa shape index (κ1) is 25.2. The average Bonchev–Trinajstić information content (AvgIpc) is 2.38. The zero-order valence-electron chi connectivity index (χ0n) is 18.3. The lowest BCUT2D eigenvalue weighted by atomic mass is 10.1. The highest BCUT2D eigenvalue weighted by Crippen LogP contribution is 2.11. The van der Waals surface area contributed by atoms with Crippen LogP contribution in [0.4, 0.5) is 4.79 Å². The van der Waals surface area contributed by atoms with Gasteiger partial charge in [-0.15, -0.1) is 0 Å². The quantitative estimate of drug-likeness (QED) is 0.678. The van der Waals surface area contributed by atoms with E-state index in [4.69, 9.17) is 14.2 Å². The maximum absolute atomic E-state index is 12.6. The summed E-state index contributed by atoms with van der Waals surface area (Å²) in [5, 5.41) is 5.03. The molecule has 2 N–H and O–H groups in total. The highest BCUT2D eigenvalue weighted by Gasteiger charge is 2.30. The highest BCUT2D eigenvalue weighted by molar-refractivity contribution is 5.89. The van der Waals surface area contributed by atoms with Crippen LogP contribution in [0.25, 0.3) is 0 Å². The molecule has 0 bridgehead atoms. The summed E-state index contributed by atoms with van der Waals surface area (Å²) in [6, 6.07) is -1.90. The summed E-state index contributed by atoms with van der Waals surface area (Å²) in [6.45, 7) is 17.3. The third-order valence-corrected chi connectivity index (χ3v) is 2.81. The monoisotopic (exact) mass is 388 g/mol. The van der Waals surface area contributed by atoms with Crippen LogP contribution in [-0.2, 0) is 23.8 Å². The van der Waals surface area contributed by atoms with E-state index in [1.165, 1.54) is 6.92 Å². The summed E-state index contributed by atoms with van der Waals surface area (Å²) in [6.07, 6.45) is -0.745. The fourth-order valence-corrected chi connectivity index (χ4v) is 1.73. The number of alkyl carbamates (subject to hydrolysis) is 1. The number of esters is 1. The van der Waals surface area contributed by atoms with E-state index >= 15 is 0 Å². The Labute approximate surface area is 162 Å². The summed E-state index contributed by atoms with van der Waals surface area (Å²) in [5.74, 6) is -1.13. The van der Waals surface area contributed by atoms with Crippen molar-refractivity contribution in [1.82, 2.24) is 10.6 Å². The number of amides is 2. The van der Waals surface area contributed by atoms with E-state index in [0.29, 0.717) is 0 Å². The average molecular weight is 389 g/mol. The van der Waals surface area contributed by atoms with Crippen LogP contribution in [0.15, 0.2) is 0 Å². The number of carbonyl (C=O) groups excluding carboxylic acids is 3. The molecule has 0 saturated carbocycles. The standard InChI is InChI=1S/C19H36N2O6/c1-12(15(23)26-18(5,6)7)20-14(22)13(11-25-17(2,3)4)21-16(24)27-19(8,9)10/h12-13H,11H2,1-10H3,(H,20,22)(H,21,24)/t12-,13-/m0/s1. The van der Waals surface area contributed by atoms with Gasteiger partial charge in [0.05, 0.1) is 12.2 Å². The maximum Gasteiger partial charge on any atom is 0.408 e. The Hall–Kier alpha value is -1.83. The Morgan fingerprint density at radius 2 is 1.26 bits per heavy atom. The molecule has 158 valence electrons. The largest absolute Gasteiger partial charge is 0.458 e. The molecule has 0 aliphatic carbocycles. The van der Waals surface area contributed by atoms with Gasteiger partial charge in [0, 0.05) is 0 Å². The smallest absolute Gasteiger partial charge is 0.408 e. The summed E-state index contributed by atoms with van der Waals surface area (Å²) in [5.41, 5.74) is -1.88. The van der Waals surface area contributed by atoms with Gasteiger partial charge in [0.25, 0.3) is 0 Å². The Morgan fingerprint density at radius 1 is 0.778 bits per heavy atom. The van der Waals surface area contributed by atoms with Crippen LogP contribution >= 0.6 is 0 Å². The van der Waals surface area contributed by atoms with Gasteiger partial charge < -0.3 is 24.8 Å². The van der Waals surface area contributed by atoms with Gasteiger partial charge in [0.2, 0.25) is 5.91 Å². The first-order valence-electron chi connectivity index (χ1n) is 9.06. The molecule has 2 atom stereocenters. The Bertz CT molecular complexity index is 526. The maximum atomic E-state index is 12.6. The SMILES string of the molecule is C[C@H](NC(=O)[C@H](COC(C)(C)C)NC(=O)OC(C)(C)C)C(=O)OC(C)(C)C. The van der Waals surface area contributed by atoms with Gasteiger partial charge in [0.15, 0.2) is 0 Å². The number of carbonyl (C=O) groups is 3. The van der Waals surface area contributed by atoms with E-state index in [-0.39, 0.29) is 6.61 Å². The molecule has 0 aromatic heterocycles. The molecule has 0 spiro atoms. The van der Waals surface area contributed by atoms with Crippen molar-refractivity contribution >= 4 is 18.0 Å². The van der Waals surface area contributed by atoms with Crippen LogP contribution in [0.5, 0.6) is 0 Å². The Morgan fingerprint density at radius 3 is 1.67 bits per heavy atom. The fourth-order valence-electron chi connectivity index (χ4n) is 1.73. The molecule has 2 amide bonds. The van der Waals surface area contributed by atoms with Crippen LogP contribution in [0.3, 0.4) is 0 Å². The van der Waals surface area contributed by atoms with Crippen molar-refractivity contribution in [2.75, 3.05) is 6.61 Å². The summed E-state index contributed by atoms with van der Waals surface area (Å²) in [4.78, 5) is 36.7. The van der Waals surface area contributed by atoms with E-state index in [1.54, 1.807) is 41.5 Å². The fraction of sp³-hybridized carbons (Fsp3) is 0.842. The molecule has 0 unspecified atom stereocenters. The minimum Gasteiger partial charge on any atom is -0.458 e. The molecule has 8 heteroatoms. The van der Waals surface area contributed by atoms with E-state index in [0.717, 1.165) is 0 Å². The molecule has 0 aromatic carbocycles. The van der Waals surface area contributed by atoms with E-state index in [9.17, 15) is 14.4 Å². The normalized spacial score (nSPS) is 14.7. The third kappa shape index (κ3) is 13.1. The summed E-state index contributed by atoms with van der Waals surface area (Å²) in [7, 11) is 0. The summed E-state index contributed by atoms with van der Waals surface area (Å²) >= 11 is 0. The number of hydrogen-bond acceptors (Lipinski definition) is 6. The van der Waals surface area contributed by atoms with Crippen molar-refractivity contribution in [3.05, 3.63) is 0 Å². The molecule has 0 radical (unpaired) electrons. The molecule has 0 rings (SSSR count). The predicted octanol–water partition coefficient (Wildman–Crippen LogP) is 2.54. The van der Waals surface area contributed by atoms with Gasteiger partial charge in [-0.3, -0.25) is 4.79 Å². The van der Waals surface area contributed by atoms with Crippen molar-refractivity contribution in [2.45, 2.75) is 98.1 Å². The lowest BCUT2D eigenvalue weighted by Gasteiger charge is -2.27. The third-order valence-electron chi connectivity index (χ3n) is 2.81. The van der Waals surface area contributed by atoms with Gasteiger partial charge in [0.1, 0.15) is 23.3 Å². The molecular weight excluding hydrogens is 352 g/mol.